The first-order valence-corrected chi connectivity index (χ1v) is 10.5. The Balaban J connectivity index is 1.58. The molecular formula is C20H18F2N2O4S2. The van der Waals surface area contributed by atoms with Gasteiger partial charge in [-0.3, -0.25) is 19.3 Å². The van der Waals surface area contributed by atoms with Crippen molar-refractivity contribution in [2.45, 2.75) is 20.5 Å². The molecule has 0 saturated carbocycles. The summed E-state index contributed by atoms with van der Waals surface area (Å²) in [5, 5.41) is 2.30. The molecule has 0 spiro atoms. The van der Waals surface area contributed by atoms with E-state index in [-0.39, 0.29) is 29.7 Å². The SMILES string of the molecule is Cc1cc(C(=O)NCCN2C(=O)S/C(=C/c3ccc(OC(F)F)cc3)C2=O)c(C)s1. The zero-order chi connectivity index (χ0) is 21.8. The Bertz CT molecular complexity index is 1000. The maximum atomic E-state index is 12.5. The third-order valence-corrected chi connectivity index (χ3v) is 6.06. The summed E-state index contributed by atoms with van der Waals surface area (Å²) >= 11 is 2.32. The second-order valence-corrected chi connectivity index (χ2v) is 8.82. The van der Waals surface area contributed by atoms with E-state index in [1.54, 1.807) is 6.07 Å². The number of carbonyl (C=O) groups is 3. The molecule has 0 bridgehead atoms. The van der Waals surface area contributed by atoms with E-state index in [2.05, 4.69) is 10.1 Å². The van der Waals surface area contributed by atoms with Crippen LogP contribution in [0.5, 0.6) is 5.75 Å². The van der Waals surface area contributed by atoms with Crippen LogP contribution >= 0.6 is 23.1 Å². The third kappa shape index (κ3) is 5.25. The molecule has 6 nitrogen and oxygen atoms in total. The number of rotatable bonds is 7. The number of carbonyl (C=O) groups excluding carboxylic acids is 3. The van der Waals surface area contributed by atoms with Crippen molar-refractivity contribution in [3.8, 4) is 5.75 Å². The van der Waals surface area contributed by atoms with Gasteiger partial charge >= 0.3 is 6.61 Å². The van der Waals surface area contributed by atoms with Gasteiger partial charge in [-0.05, 0) is 55.4 Å². The molecule has 1 fully saturated rings. The third-order valence-electron chi connectivity index (χ3n) is 4.18. The molecule has 1 N–H and O–H groups in total. The van der Waals surface area contributed by atoms with Crippen molar-refractivity contribution in [2.24, 2.45) is 0 Å². The summed E-state index contributed by atoms with van der Waals surface area (Å²) in [5.74, 6) is -0.706. The Morgan fingerprint density at radius 1 is 1.23 bits per heavy atom. The molecule has 2 heterocycles. The molecule has 30 heavy (non-hydrogen) atoms. The molecule has 158 valence electrons. The minimum Gasteiger partial charge on any atom is -0.435 e. The number of alkyl halides is 2. The van der Waals surface area contributed by atoms with E-state index >= 15 is 0 Å². The van der Waals surface area contributed by atoms with Crippen molar-refractivity contribution in [3.63, 3.8) is 0 Å². The van der Waals surface area contributed by atoms with E-state index in [0.717, 1.165) is 26.4 Å². The van der Waals surface area contributed by atoms with Crippen molar-refractivity contribution in [3.05, 3.63) is 56.1 Å². The molecule has 10 heteroatoms. The van der Waals surface area contributed by atoms with Gasteiger partial charge in [0.25, 0.3) is 17.1 Å². The number of hydrogen-bond acceptors (Lipinski definition) is 6. The molecule has 0 unspecified atom stereocenters. The Morgan fingerprint density at radius 3 is 2.53 bits per heavy atom. The van der Waals surface area contributed by atoms with E-state index in [4.69, 9.17) is 0 Å². The van der Waals surface area contributed by atoms with Crippen molar-refractivity contribution in [2.75, 3.05) is 13.1 Å². The van der Waals surface area contributed by atoms with Crippen LogP contribution in [0.15, 0.2) is 35.2 Å². The summed E-state index contributed by atoms with van der Waals surface area (Å²) in [6.45, 7) is 1.05. The molecule has 3 rings (SSSR count). The first-order chi connectivity index (χ1) is 14.2. The zero-order valence-corrected chi connectivity index (χ0v) is 17.7. The highest BCUT2D eigenvalue weighted by atomic mass is 32.2. The lowest BCUT2D eigenvalue weighted by atomic mass is 10.2. The smallest absolute Gasteiger partial charge is 0.387 e. The lowest BCUT2D eigenvalue weighted by Gasteiger charge is -2.13. The van der Waals surface area contributed by atoms with Gasteiger partial charge < -0.3 is 10.1 Å². The fourth-order valence-corrected chi connectivity index (χ4v) is 4.61. The summed E-state index contributed by atoms with van der Waals surface area (Å²) in [4.78, 5) is 40.2. The number of amides is 3. The standard InChI is InChI=1S/C20H18F2N2O4S2/c1-11-9-15(12(2)29-11)17(25)23-7-8-24-18(26)16(30-20(24)27)10-13-3-5-14(6-4-13)28-19(21)22/h3-6,9-10,19H,7-8H2,1-2H3,(H,23,25)/b16-10+. The molecule has 1 aromatic heterocycles. The predicted octanol–water partition coefficient (Wildman–Crippen LogP) is 4.43. The molecule has 1 aromatic carbocycles. The topological polar surface area (TPSA) is 75.7 Å². The average Bonchev–Trinajstić information content (AvgIpc) is 3.15. The van der Waals surface area contributed by atoms with Gasteiger partial charge in [-0.15, -0.1) is 11.3 Å². The maximum absolute atomic E-state index is 12.5. The molecule has 3 amide bonds. The van der Waals surface area contributed by atoms with Crippen molar-refractivity contribution >= 4 is 46.2 Å². The number of thioether (sulfide) groups is 1. The normalized spacial score (nSPS) is 15.4. The first kappa shape index (κ1) is 22.0. The number of thiophene rings is 1. The van der Waals surface area contributed by atoms with E-state index in [1.165, 1.54) is 41.7 Å². The van der Waals surface area contributed by atoms with Gasteiger partial charge in [0, 0.05) is 22.8 Å². The van der Waals surface area contributed by atoms with Crippen LogP contribution in [0.2, 0.25) is 0 Å². The molecule has 0 atom stereocenters. The fraction of sp³-hybridized carbons (Fsp3) is 0.250. The summed E-state index contributed by atoms with van der Waals surface area (Å²) in [5.41, 5.74) is 1.16. The minimum absolute atomic E-state index is 0.00190. The number of aryl methyl sites for hydroxylation is 2. The summed E-state index contributed by atoms with van der Waals surface area (Å²) < 4.78 is 28.7. The van der Waals surface area contributed by atoms with E-state index in [1.807, 2.05) is 13.8 Å². The van der Waals surface area contributed by atoms with Gasteiger partial charge in [-0.1, -0.05) is 12.1 Å². The number of nitrogens with one attached hydrogen (secondary N) is 1. The molecule has 1 aliphatic heterocycles. The molecule has 1 aliphatic rings. The van der Waals surface area contributed by atoms with Crippen molar-refractivity contribution < 1.29 is 27.9 Å². The van der Waals surface area contributed by atoms with Crippen LogP contribution in [0, 0.1) is 13.8 Å². The lowest BCUT2D eigenvalue weighted by molar-refractivity contribution is -0.122. The van der Waals surface area contributed by atoms with Crippen LogP contribution in [0.3, 0.4) is 0 Å². The highest BCUT2D eigenvalue weighted by Crippen LogP contribution is 2.32. The monoisotopic (exact) mass is 452 g/mol. The fourth-order valence-electron chi connectivity index (χ4n) is 2.82. The maximum Gasteiger partial charge on any atom is 0.387 e. The lowest BCUT2D eigenvalue weighted by Crippen LogP contribution is -2.37. The second kappa shape index (κ2) is 9.40. The quantitative estimate of drug-likeness (QED) is 0.629. The molecule has 0 radical (unpaired) electrons. The number of benzene rings is 1. The molecule has 1 saturated heterocycles. The molecule has 0 aliphatic carbocycles. The summed E-state index contributed by atoms with van der Waals surface area (Å²) in [6.07, 6.45) is 1.51. The highest BCUT2D eigenvalue weighted by Gasteiger charge is 2.34. The van der Waals surface area contributed by atoms with Gasteiger partial charge in [-0.25, -0.2) is 0 Å². The van der Waals surface area contributed by atoms with Gasteiger partial charge in [0.05, 0.1) is 10.5 Å². The van der Waals surface area contributed by atoms with Crippen LogP contribution in [0.25, 0.3) is 6.08 Å². The zero-order valence-electron chi connectivity index (χ0n) is 16.1. The largest absolute Gasteiger partial charge is 0.435 e. The predicted molar refractivity (Wildman–Crippen MR) is 112 cm³/mol. The number of imide groups is 1. The number of halogens is 2. The number of hydrogen-bond donors (Lipinski definition) is 1. The Hall–Kier alpha value is -2.72. The second-order valence-electron chi connectivity index (χ2n) is 6.36. The Kier molecular flexibility index (Phi) is 6.88. The van der Waals surface area contributed by atoms with Crippen LogP contribution in [0.4, 0.5) is 13.6 Å². The Morgan fingerprint density at radius 2 is 1.93 bits per heavy atom. The molecular weight excluding hydrogens is 434 g/mol. The van der Waals surface area contributed by atoms with E-state index in [0.29, 0.717) is 11.1 Å². The van der Waals surface area contributed by atoms with Gasteiger partial charge in [0.1, 0.15) is 5.75 Å². The number of nitrogens with zero attached hydrogens (tertiary/aromatic N) is 1. The Labute approximate surface area is 179 Å². The van der Waals surface area contributed by atoms with Crippen LogP contribution in [-0.4, -0.2) is 41.7 Å². The van der Waals surface area contributed by atoms with Crippen LogP contribution in [0.1, 0.15) is 25.7 Å². The van der Waals surface area contributed by atoms with E-state index in [9.17, 15) is 23.2 Å². The highest BCUT2D eigenvalue weighted by molar-refractivity contribution is 8.18. The average molecular weight is 453 g/mol. The number of ether oxygens (including phenoxy) is 1. The van der Waals surface area contributed by atoms with Gasteiger partial charge in [0.15, 0.2) is 0 Å². The van der Waals surface area contributed by atoms with Gasteiger partial charge in [-0.2, -0.15) is 8.78 Å². The van der Waals surface area contributed by atoms with E-state index < -0.39 is 17.8 Å². The first-order valence-electron chi connectivity index (χ1n) is 8.90. The minimum atomic E-state index is -2.92. The molecule has 2 aromatic rings. The van der Waals surface area contributed by atoms with Crippen molar-refractivity contribution in [1.82, 2.24) is 10.2 Å². The van der Waals surface area contributed by atoms with Crippen LogP contribution in [-0.2, 0) is 4.79 Å². The summed E-state index contributed by atoms with van der Waals surface area (Å²) in [6, 6.07) is 7.53. The van der Waals surface area contributed by atoms with Crippen LogP contribution < -0.4 is 10.1 Å². The summed E-state index contributed by atoms with van der Waals surface area (Å²) in [7, 11) is 0. The van der Waals surface area contributed by atoms with Crippen molar-refractivity contribution in [1.29, 1.82) is 0 Å². The van der Waals surface area contributed by atoms with Gasteiger partial charge in [0.2, 0.25) is 0 Å².